The molecule has 0 spiro atoms. The van der Waals surface area contributed by atoms with Crippen molar-refractivity contribution in [1.82, 2.24) is 35.0 Å². The summed E-state index contributed by atoms with van der Waals surface area (Å²) in [6, 6.07) is 9.31. The molecule has 164 valence electrons. The largest absolute Gasteiger partial charge is 0.369 e. The highest BCUT2D eigenvalue weighted by atomic mass is 16.2. The predicted octanol–water partition coefficient (Wildman–Crippen LogP) is 2.72. The van der Waals surface area contributed by atoms with Gasteiger partial charge in [0.05, 0.1) is 6.20 Å². The van der Waals surface area contributed by atoms with E-state index in [4.69, 9.17) is 0 Å². The summed E-state index contributed by atoms with van der Waals surface area (Å²) in [6.07, 6.45) is 8.01. The van der Waals surface area contributed by atoms with Gasteiger partial charge in [-0.2, -0.15) is 5.10 Å². The molecule has 9 heteroatoms. The molecule has 1 unspecified atom stereocenters. The van der Waals surface area contributed by atoms with Crippen LogP contribution in [0, 0.1) is 13.8 Å². The van der Waals surface area contributed by atoms with Gasteiger partial charge in [-0.1, -0.05) is 30.3 Å². The molecule has 0 fully saturated rings. The highest BCUT2D eigenvalue weighted by Gasteiger charge is 2.23. The summed E-state index contributed by atoms with van der Waals surface area (Å²) < 4.78 is 1.89. The number of carbonyl (C=O) groups excluding carboxylic acids is 1. The normalized spacial score (nSPS) is 11.8. The number of anilines is 1. The molecule has 0 radical (unpaired) electrons. The van der Waals surface area contributed by atoms with Crippen LogP contribution in [-0.2, 0) is 13.5 Å². The molecule has 4 rings (SSSR count). The summed E-state index contributed by atoms with van der Waals surface area (Å²) in [5, 5.41) is 13.1. The first-order valence-corrected chi connectivity index (χ1v) is 10.4. The van der Waals surface area contributed by atoms with E-state index in [0.717, 1.165) is 34.6 Å². The Labute approximate surface area is 186 Å². The van der Waals surface area contributed by atoms with Gasteiger partial charge in [0.1, 0.15) is 17.7 Å². The zero-order chi connectivity index (χ0) is 22.5. The van der Waals surface area contributed by atoms with Crippen LogP contribution in [0.15, 0.2) is 55.1 Å². The first-order valence-electron chi connectivity index (χ1n) is 10.4. The average Bonchev–Trinajstić information content (AvgIpc) is 3.47. The number of nitrogens with one attached hydrogen (secondary N) is 3. The van der Waals surface area contributed by atoms with Crippen molar-refractivity contribution in [2.24, 2.45) is 7.05 Å². The van der Waals surface area contributed by atoms with Crippen molar-refractivity contribution in [3.8, 4) is 0 Å². The van der Waals surface area contributed by atoms with Crippen LogP contribution in [-0.4, -0.2) is 42.2 Å². The molecule has 3 heterocycles. The van der Waals surface area contributed by atoms with Gasteiger partial charge in [0.2, 0.25) is 5.82 Å². The van der Waals surface area contributed by atoms with Gasteiger partial charge >= 0.3 is 0 Å². The van der Waals surface area contributed by atoms with Gasteiger partial charge in [0.25, 0.3) is 5.91 Å². The predicted molar refractivity (Wildman–Crippen MR) is 121 cm³/mol. The lowest BCUT2D eigenvalue weighted by molar-refractivity contribution is 0.0930. The van der Waals surface area contributed by atoms with Crippen LogP contribution in [0.25, 0.3) is 0 Å². The zero-order valence-electron chi connectivity index (χ0n) is 18.3. The van der Waals surface area contributed by atoms with E-state index < -0.39 is 6.04 Å². The second kappa shape index (κ2) is 9.42. The van der Waals surface area contributed by atoms with E-state index in [0.29, 0.717) is 12.4 Å². The number of aryl methyl sites for hydroxylation is 2. The van der Waals surface area contributed by atoms with Crippen LogP contribution in [0.3, 0.4) is 0 Å². The molecule has 0 bridgehead atoms. The second-order valence-corrected chi connectivity index (χ2v) is 7.60. The molecule has 1 aromatic carbocycles. The molecule has 3 aromatic heterocycles. The number of amides is 1. The third-order valence-electron chi connectivity index (χ3n) is 5.38. The van der Waals surface area contributed by atoms with E-state index in [-0.39, 0.29) is 11.7 Å². The second-order valence-electron chi connectivity index (χ2n) is 7.60. The highest BCUT2D eigenvalue weighted by molar-refractivity contribution is 5.91. The van der Waals surface area contributed by atoms with Crippen LogP contribution >= 0.6 is 0 Å². The number of hydrogen-bond donors (Lipinski definition) is 3. The highest BCUT2D eigenvalue weighted by Crippen LogP contribution is 2.21. The summed E-state index contributed by atoms with van der Waals surface area (Å²) in [5.41, 5.74) is 3.69. The van der Waals surface area contributed by atoms with Gasteiger partial charge in [0.15, 0.2) is 0 Å². The number of aromatic amines is 1. The Morgan fingerprint density at radius 3 is 2.69 bits per heavy atom. The molecular weight excluding hydrogens is 404 g/mol. The summed E-state index contributed by atoms with van der Waals surface area (Å²) in [4.78, 5) is 26.6. The van der Waals surface area contributed by atoms with Gasteiger partial charge in [-0.3, -0.25) is 9.89 Å². The molecule has 1 atom stereocenters. The lowest BCUT2D eigenvalue weighted by atomic mass is 10.1. The van der Waals surface area contributed by atoms with Gasteiger partial charge in [-0.05, 0) is 31.4 Å². The fraction of sp³-hybridized carbons (Fsp3) is 0.261. The van der Waals surface area contributed by atoms with Crippen molar-refractivity contribution in [3.05, 3.63) is 89.2 Å². The molecule has 9 nitrogen and oxygen atoms in total. The topological polar surface area (TPSA) is 113 Å². The van der Waals surface area contributed by atoms with Crippen molar-refractivity contribution in [1.29, 1.82) is 0 Å². The van der Waals surface area contributed by atoms with Crippen molar-refractivity contribution < 1.29 is 4.79 Å². The maximum Gasteiger partial charge on any atom is 0.290 e. The fourth-order valence-corrected chi connectivity index (χ4v) is 3.44. The van der Waals surface area contributed by atoms with Crippen LogP contribution in [0.5, 0.6) is 0 Å². The van der Waals surface area contributed by atoms with Crippen LogP contribution < -0.4 is 10.6 Å². The third-order valence-corrected chi connectivity index (χ3v) is 5.38. The van der Waals surface area contributed by atoms with Crippen molar-refractivity contribution in [2.45, 2.75) is 26.3 Å². The van der Waals surface area contributed by atoms with Crippen molar-refractivity contribution in [3.63, 3.8) is 0 Å². The number of rotatable bonds is 8. The maximum absolute atomic E-state index is 13.2. The Hall–Kier alpha value is -4.01. The van der Waals surface area contributed by atoms with Gasteiger partial charge in [-0.15, -0.1) is 0 Å². The van der Waals surface area contributed by atoms with Crippen LogP contribution in [0.2, 0.25) is 0 Å². The smallest absolute Gasteiger partial charge is 0.290 e. The van der Waals surface area contributed by atoms with E-state index in [2.05, 4.69) is 35.8 Å². The van der Waals surface area contributed by atoms with E-state index >= 15 is 0 Å². The average molecular weight is 431 g/mol. The maximum atomic E-state index is 13.2. The number of aromatic nitrogens is 6. The summed E-state index contributed by atoms with van der Waals surface area (Å²) in [6.45, 7) is 4.48. The number of nitrogens with zero attached hydrogens (tertiary/aromatic N) is 5. The molecule has 4 aromatic rings. The molecule has 32 heavy (non-hydrogen) atoms. The number of H-pyrrole nitrogens is 1. The van der Waals surface area contributed by atoms with E-state index in [1.165, 1.54) is 0 Å². The van der Waals surface area contributed by atoms with Crippen LogP contribution in [0.1, 0.15) is 44.9 Å². The van der Waals surface area contributed by atoms with Gasteiger partial charge in [-0.25, -0.2) is 15.0 Å². The Bertz CT molecular complexity index is 1180. The standard InChI is InChI=1S/C23H26N8O/c1-15-16(2)28-21(30-20(15)24-10-9-17-13-26-27-14-17)23(32)29-19(18-7-5-4-6-8-18)22-25-11-12-31(22)3/h4-8,11-14,19H,9-10H2,1-3H3,(H,26,27)(H,29,32)(H,24,28,30). The zero-order valence-corrected chi connectivity index (χ0v) is 18.3. The molecule has 0 aliphatic rings. The minimum absolute atomic E-state index is 0.119. The lowest BCUT2D eigenvalue weighted by Gasteiger charge is -2.19. The minimum atomic E-state index is -0.425. The van der Waals surface area contributed by atoms with Gasteiger partial charge in [0, 0.05) is 43.4 Å². The Kier molecular flexibility index (Phi) is 6.25. The Morgan fingerprint density at radius 1 is 1.19 bits per heavy atom. The lowest BCUT2D eigenvalue weighted by Crippen LogP contribution is -2.32. The summed E-state index contributed by atoms with van der Waals surface area (Å²) in [7, 11) is 1.90. The van der Waals surface area contributed by atoms with Crippen molar-refractivity contribution in [2.75, 3.05) is 11.9 Å². The van der Waals surface area contributed by atoms with E-state index in [1.807, 2.05) is 68.2 Å². The first kappa shape index (κ1) is 21.2. The first-order chi connectivity index (χ1) is 15.5. The number of carbonyl (C=O) groups is 1. The quantitative estimate of drug-likeness (QED) is 0.396. The SMILES string of the molecule is Cc1nc(C(=O)NC(c2ccccc2)c2nccn2C)nc(NCCc2cn[nH]c2)c1C. The molecule has 0 aliphatic carbocycles. The molecule has 1 amide bonds. The fourth-order valence-electron chi connectivity index (χ4n) is 3.44. The summed E-state index contributed by atoms with van der Waals surface area (Å²) in [5.74, 6) is 1.14. The number of benzene rings is 1. The minimum Gasteiger partial charge on any atom is -0.369 e. The third kappa shape index (κ3) is 4.66. The van der Waals surface area contributed by atoms with Gasteiger partial charge < -0.3 is 15.2 Å². The molecule has 0 saturated heterocycles. The number of imidazole rings is 1. The van der Waals surface area contributed by atoms with Crippen LogP contribution in [0.4, 0.5) is 5.82 Å². The Morgan fingerprint density at radius 2 is 2.00 bits per heavy atom. The van der Waals surface area contributed by atoms with Crippen molar-refractivity contribution >= 4 is 11.7 Å². The van der Waals surface area contributed by atoms with E-state index in [1.54, 1.807) is 12.4 Å². The summed E-state index contributed by atoms with van der Waals surface area (Å²) >= 11 is 0. The number of hydrogen-bond acceptors (Lipinski definition) is 6. The Balaban J connectivity index is 1.56. The molecule has 0 aliphatic heterocycles. The molecular formula is C23H26N8O. The van der Waals surface area contributed by atoms with E-state index in [9.17, 15) is 4.79 Å². The molecule has 0 saturated carbocycles. The molecule has 3 N–H and O–H groups in total. The monoisotopic (exact) mass is 430 g/mol.